The van der Waals surface area contributed by atoms with Crippen molar-refractivity contribution in [2.75, 3.05) is 6.54 Å². The SMILES string of the molecule is CCCCCN=c1c(Br)cccn1C(=O)c1cc(C)nc2c1c(C)nn2C. The summed E-state index contributed by atoms with van der Waals surface area (Å²) in [6.45, 7) is 6.65. The lowest BCUT2D eigenvalue weighted by Crippen LogP contribution is -2.29. The van der Waals surface area contributed by atoms with Crippen molar-refractivity contribution in [3.05, 3.63) is 51.3 Å². The zero-order valence-corrected chi connectivity index (χ0v) is 17.7. The third-order valence-electron chi connectivity index (χ3n) is 4.49. The molecular formula is C20H24BrN5O. The minimum absolute atomic E-state index is 0.128. The summed E-state index contributed by atoms with van der Waals surface area (Å²) in [5, 5.41) is 5.23. The Morgan fingerprint density at radius 2 is 2.07 bits per heavy atom. The Balaban J connectivity index is 2.15. The average Bonchev–Trinajstić information content (AvgIpc) is 2.92. The first-order valence-electron chi connectivity index (χ1n) is 9.17. The topological polar surface area (TPSA) is 65.1 Å². The molecule has 0 aliphatic heterocycles. The van der Waals surface area contributed by atoms with E-state index in [-0.39, 0.29) is 5.91 Å². The highest BCUT2D eigenvalue weighted by Gasteiger charge is 2.19. The van der Waals surface area contributed by atoms with E-state index in [9.17, 15) is 4.79 Å². The molecule has 0 aliphatic rings. The van der Waals surface area contributed by atoms with Gasteiger partial charge in [-0.05, 0) is 54.4 Å². The molecule has 142 valence electrons. The normalized spacial score (nSPS) is 12.1. The maximum atomic E-state index is 13.5. The first-order valence-corrected chi connectivity index (χ1v) is 9.96. The second-order valence-corrected chi connectivity index (χ2v) is 7.52. The monoisotopic (exact) mass is 429 g/mol. The molecule has 0 atom stereocenters. The van der Waals surface area contributed by atoms with Crippen LogP contribution in [0.2, 0.25) is 0 Å². The van der Waals surface area contributed by atoms with Crippen molar-refractivity contribution in [3.63, 3.8) is 0 Å². The Bertz CT molecular complexity index is 1060. The molecule has 0 aliphatic carbocycles. The van der Waals surface area contributed by atoms with E-state index in [1.807, 2.05) is 39.1 Å². The van der Waals surface area contributed by atoms with Gasteiger partial charge in [-0.15, -0.1) is 0 Å². The van der Waals surface area contributed by atoms with Gasteiger partial charge in [-0.25, -0.2) is 4.98 Å². The number of nitrogens with zero attached hydrogens (tertiary/aromatic N) is 5. The number of aryl methyl sites for hydroxylation is 3. The summed E-state index contributed by atoms with van der Waals surface area (Å²) in [5.41, 5.74) is 3.53. The van der Waals surface area contributed by atoms with E-state index >= 15 is 0 Å². The molecule has 0 amide bonds. The molecule has 0 aromatic carbocycles. The average molecular weight is 430 g/mol. The van der Waals surface area contributed by atoms with E-state index in [1.165, 1.54) is 0 Å². The Labute approximate surface area is 167 Å². The second kappa shape index (κ2) is 8.17. The minimum atomic E-state index is -0.128. The van der Waals surface area contributed by atoms with Gasteiger partial charge in [-0.2, -0.15) is 5.10 Å². The number of pyridine rings is 2. The Morgan fingerprint density at radius 1 is 1.30 bits per heavy atom. The highest BCUT2D eigenvalue weighted by molar-refractivity contribution is 9.10. The number of aromatic nitrogens is 4. The highest BCUT2D eigenvalue weighted by Crippen LogP contribution is 2.22. The van der Waals surface area contributed by atoms with Crippen LogP contribution in [0.1, 0.15) is 47.9 Å². The summed E-state index contributed by atoms with van der Waals surface area (Å²) in [5.74, 6) is -0.128. The quantitative estimate of drug-likeness (QED) is 0.577. The van der Waals surface area contributed by atoms with Crippen LogP contribution in [-0.2, 0) is 7.05 Å². The minimum Gasteiger partial charge on any atom is -0.268 e. The summed E-state index contributed by atoms with van der Waals surface area (Å²) >= 11 is 3.54. The van der Waals surface area contributed by atoms with Gasteiger partial charge in [0.05, 0.1) is 21.1 Å². The highest BCUT2D eigenvalue weighted by atomic mass is 79.9. The smallest absolute Gasteiger partial charge is 0.264 e. The molecule has 0 spiro atoms. The lowest BCUT2D eigenvalue weighted by Gasteiger charge is -2.10. The molecule has 3 aromatic rings. The van der Waals surface area contributed by atoms with Gasteiger partial charge in [0, 0.05) is 25.5 Å². The van der Waals surface area contributed by atoms with Crippen molar-refractivity contribution in [2.24, 2.45) is 12.0 Å². The van der Waals surface area contributed by atoms with E-state index in [4.69, 9.17) is 0 Å². The number of rotatable bonds is 5. The van der Waals surface area contributed by atoms with Crippen LogP contribution in [0.5, 0.6) is 0 Å². The molecule has 7 heteroatoms. The molecule has 3 aromatic heterocycles. The van der Waals surface area contributed by atoms with Crippen LogP contribution < -0.4 is 5.49 Å². The number of carbonyl (C=O) groups excluding carboxylic acids is 1. The number of unbranched alkanes of at least 4 members (excludes halogenated alkanes) is 2. The molecule has 0 saturated heterocycles. The van der Waals surface area contributed by atoms with Gasteiger partial charge in [-0.1, -0.05) is 19.8 Å². The van der Waals surface area contributed by atoms with E-state index in [1.54, 1.807) is 15.4 Å². The van der Waals surface area contributed by atoms with Crippen molar-refractivity contribution in [1.82, 2.24) is 19.3 Å². The summed E-state index contributed by atoms with van der Waals surface area (Å²) in [7, 11) is 1.84. The van der Waals surface area contributed by atoms with E-state index in [0.29, 0.717) is 23.2 Å². The third-order valence-corrected chi connectivity index (χ3v) is 5.11. The van der Waals surface area contributed by atoms with Crippen molar-refractivity contribution < 1.29 is 4.79 Å². The number of fused-ring (bicyclic) bond motifs is 1. The van der Waals surface area contributed by atoms with Crippen LogP contribution in [0, 0.1) is 13.8 Å². The van der Waals surface area contributed by atoms with Crippen LogP contribution in [-0.4, -0.2) is 31.8 Å². The lowest BCUT2D eigenvalue weighted by atomic mass is 10.1. The second-order valence-electron chi connectivity index (χ2n) is 6.66. The summed E-state index contributed by atoms with van der Waals surface area (Å²) in [6, 6.07) is 5.58. The number of hydrogen-bond donors (Lipinski definition) is 0. The number of halogens is 1. The van der Waals surface area contributed by atoms with E-state index < -0.39 is 0 Å². The molecule has 0 saturated carbocycles. The van der Waals surface area contributed by atoms with Crippen LogP contribution in [0.4, 0.5) is 0 Å². The molecule has 27 heavy (non-hydrogen) atoms. The van der Waals surface area contributed by atoms with Crippen molar-refractivity contribution in [3.8, 4) is 0 Å². The fourth-order valence-corrected chi connectivity index (χ4v) is 3.67. The Kier molecular flexibility index (Phi) is 5.89. The predicted molar refractivity (Wildman–Crippen MR) is 110 cm³/mol. The van der Waals surface area contributed by atoms with Crippen LogP contribution in [0.25, 0.3) is 11.0 Å². The van der Waals surface area contributed by atoms with E-state index in [0.717, 1.165) is 40.5 Å². The Hall–Kier alpha value is -2.28. The standard InChI is InChI=1S/C20H24BrN5O/c1-5-6-7-10-22-18-16(21)9-8-11-26(18)20(27)15-12-13(2)23-19-17(15)14(3)24-25(19)4/h8-9,11-12H,5-7,10H2,1-4H3. The van der Waals surface area contributed by atoms with Crippen molar-refractivity contribution in [1.29, 1.82) is 0 Å². The Morgan fingerprint density at radius 3 is 2.81 bits per heavy atom. The molecule has 3 rings (SSSR count). The number of carbonyl (C=O) groups is 1. The molecule has 0 fully saturated rings. The van der Waals surface area contributed by atoms with Crippen LogP contribution >= 0.6 is 15.9 Å². The first-order chi connectivity index (χ1) is 12.9. The molecule has 0 N–H and O–H groups in total. The summed E-state index contributed by atoms with van der Waals surface area (Å²) < 4.78 is 4.13. The summed E-state index contributed by atoms with van der Waals surface area (Å²) in [4.78, 5) is 22.7. The lowest BCUT2D eigenvalue weighted by molar-refractivity contribution is 0.0956. The van der Waals surface area contributed by atoms with Crippen molar-refractivity contribution >= 4 is 32.9 Å². The van der Waals surface area contributed by atoms with Gasteiger partial charge >= 0.3 is 0 Å². The molecule has 6 nitrogen and oxygen atoms in total. The number of hydrogen-bond acceptors (Lipinski definition) is 4. The van der Waals surface area contributed by atoms with Gasteiger partial charge < -0.3 is 0 Å². The fourth-order valence-electron chi connectivity index (χ4n) is 3.20. The summed E-state index contributed by atoms with van der Waals surface area (Å²) in [6.07, 6.45) is 5.03. The van der Waals surface area contributed by atoms with Gasteiger partial charge in [0.25, 0.3) is 5.91 Å². The maximum absolute atomic E-state index is 13.5. The molecule has 0 unspecified atom stereocenters. The third kappa shape index (κ3) is 3.88. The van der Waals surface area contributed by atoms with Crippen LogP contribution in [0.15, 0.2) is 33.9 Å². The zero-order chi connectivity index (χ0) is 19.6. The fraction of sp³-hybridized carbons (Fsp3) is 0.400. The van der Waals surface area contributed by atoms with Crippen molar-refractivity contribution in [2.45, 2.75) is 40.0 Å². The zero-order valence-electron chi connectivity index (χ0n) is 16.2. The largest absolute Gasteiger partial charge is 0.268 e. The van der Waals surface area contributed by atoms with Gasteiger partial charge in [-0.3, -0.25) is 19.0 Å². The first kappa shape index (κ1) is 19.5. The maximum Gasteiger partial charge on any atom is 0.264 e. The van der Waals surface area contributed by atoms with Gasteiger partial charge in [0.2, 0.25) is 0 Å². The van der Waals surface area contributed by atoms with Gasteiger partial charge in [0.15, 0.2) is 5.65 Å². The molecule has 0 bridgehead atoms. The molecule has 3 heterocycles. The van der Waals surface area contributed by atoms with Crippen LogP contribution in [0.3, 0.4) is 0 Å². The molecule has 0 radical (unpaired) electrons. The van der Waals surface area contributed by atoms with Gasteiger partial charge in [0.1, 0.15) is 5.49 Å². The van der Waals surface area contributed by atoms with E-state index in [2.05, 4.69) is 37.9 Å². The molecular weight excluding hydrogens is 406 g/mol. The predicted octanol–water partition coefficient (Wildman–Crippen LogP) is 3.93.